The molecule has 29 heavy (non-hydrogen) atoms. The van der Waals surface area contributed by atoms with Crippen molar-refractivity contribution in [2.45, 2.75) is 12.7 Å². The summed E-state index contributed by atoms with van der Waals surface area (Å²) < 4.78 is 55.0. The Hall–Kier alpha value is -3.63. The molecule has 1 heterocycles. The molecule has 0 spiro atoms. The van der Waals surface area contributed by atoms with Gasteiger partial charge in [-0.05, 0) is 35.9 Å². The second-order valence-corrected chi connectivity index (χ2v) is 5.90. The molecule has 0 saturated heterocycles. The Kier molecular flexibility index (Phi) is 5.96. The third-order valence-electron chi connectivity index (χ3n) is 3.49. The number of benzene rings is 2. The van der Waals surface area contributed by atoms with Crippen LogP contribution in [0, 0.1) is 5.82 Å². The van der Waals surface area contributed by atoms with Crippen LogP contribution in [-0.4, -0.2) is 27.7 Å². The normalized spacial score (nSPS) is 11.2. The minimum Gasteiger partial charge on any atom is -0.454 e. The Labute approximate surface area is 163 Å². The average Bonchev–Trinajstić information content (AvgIpc) is 2.65. The number of nitrogens with two attached hydrogens (primary N) is 1. The number of alkyl halides is 3. The molecule has 0 unspecified atom stereocenters. The third kappa shape index (κ3) is 6.48. The Morgan fingerprint density at radius 1 is 0.966 bits per heavy atom. The number of nitrogen functional groups attached to an aromatic ring is 1. The predicted molar refractivity (Wildman–Crippen MR) is 99.2 cm³/mol. The van der Waals surface area contributed by atoms with E-state index in [2.05, 4.69) is 30.3 Å². The molecule has 7 nitrogen and oxygen atoms in total. The van der Waals surface area contributed by atoms with Crippen LogP contribution in [0.1, 0.15) is 5.56 Å². The van der Waals surface area contributed by atoms with Gasteiger partial charge in [-0.1, -0.05) is 18.2 Å². The van der Waals surface area contributed by atoms with E-state index in [9.17, 15) is 17.6 Å². The average molecular weight is 408 g/mol. The largest absolute Gasteiger partial charge is 0.454 e. The van der Waals surface area contributed by atoms with E-state index in [0.717, 1.165) is 5.56 Å². The zero-order chi connectivity index (χ0) is 20.9. The fraction of sp³-hybridized carbons (Fsp3) is 0.167. The topological polar surface area (TPSA) is 98.0 Å². The quantitative estimate of drug-likeness (QED) is 0.403. The minimum atomic E-state index is -4.55. The van der Waals surface area contributed by atoms with Gasteiger partial charge < -0.3 is 21.1 Å². The van der Waals surface area contributed by atoms with Crippen molar-refractivity contribution in [3.05, 3.63) is 59.9 Å². The van der Waals surface area contributed by atoms with E-state index in [1.165, 1.54) is 12.1 Å². The zero-order valence-electron chi connectivity index (χ0n) is 14.9. The zero-order valence-corrected chi connectivity index (χ0v) is 14.9. The number of hydrogen-bond acceptors (Lipinski definition) is 7. The summed E-state index contributed by atoms with van der Waals surface area (Å²) in [6.07, 6.45) is -4.55. The van der Waals surface area contributed by atoms with Gasteiger partial charge in [-0.25, -0.2) is 4.39 Å². The minimum absolute atomic E-state index is 0.0205. The van der Waals surface area contributed by atoms with E-state index in [-0.39, 0.29) is 24.3 Å². The van der Waals surface area contributed by atoms with Crippen LogP contribution in [0.5, 0.6) is 6.01 Å². The van der Waals surface area contributed by atoms with Crippen molar-refractivity contribution in [3.63, 3.8) is 0 Å². The van der Waals surface area contributed by atoms with Gasteiger partial charge in [0, 0.05) is 17.9 Å². The lowest BCUT2D eigenvalue weighted by Gasteiger charge is -2.12. The highest BCUT2D eigenvalue weighted by molar-refractivity contribution is 5.60. The summed E-state index contributed by atoms with van der Waals surface area (Å²) in [7, 11) is 0. The first-order valence-electron chi connectivity index (χ1n) is 8.33. The van der Waals surface area contributed by atoms with Crippen LogP contribution in [0.3, 0.4) is 0 Å². The summed E-state index contributed by atoms with van der Waals surface area (Å²) in [5, 5.41) is 5.68. The molecule has 3 rings (SSSR count). The van der Waals surface area contributed by atoms with Gasteiger partial charge >= 0.3 is 12.2 Å². The summed E-state index contributed by atoms with van der Waals surface area (Å²) in [5.74, 6) is -0.442. The number of nitrogens with one attached hydrogen (secondary N) is 2. The first-order valence-corrected chi connectivity index (χ1v) is 8.33. The smallest absolute Gasteiger partial charge is 0.422 e. The molecular weight excluding hydrogens is 392 g/mol. The van der Waals surface area contributed by atoms with E-state index in [1.807, 2.05) is 0 Å². The Bertz CT molecular complexity index is 965. The molecule has 0 saturated carbocycles. The van der Waals surface area contributed by atoms with Crippen molar-refractivity contribution >= 4 is 23.3 Å². The van der Waals surface area contributed by atoms with Gasteiger partial charge in [0.1, 0.15) is 5.82 Å². The van der Waals surface area contributed by atoms with Crippen molar-refractivity contribution in [1.29, 1.82) is 0 Å². The second kappa shape index (κ2) is 8.59. The van der Waals surface area contributed by atoms with Gasteiger partial charge in [-0.3, -0.25) is 0 Å². The highest BCUT2D eigenvalue weighted by Crippen LogP contribution is 2.21. The number of hydrogen-bond donors (Lipinski definition) is 3. The van der Waals surface area contributed by atoms with Gasteiger partial charge in [0.25, 0.3) is 0 Å². The van der Waals surface area contributed by atoms with Gasteiger partial charge in [0.2, 0.25) is 11.9 Å². The highest BCUT2D eigenvalue weighted by atomic mass is 19.4. The molecular formula is C18H16F4N6O. The first-order chi connectivity index (χ1) is 13.8. The molecule has 11 heteroatoms. The van der Waals surface area contributed by atoms with Crippen molar-refractivity contribution in [2.75, 3.05) is 23.0 Å². The van der Waals surface area contributed by atoms with E-state index in [4.69, 9.17) is 5.73 Å². The van der Waals surface area contributed by atoms with Crippen LogP contribution in [-0.2, 0) is 6.54 Å². The molecule has 4 N–H and O–H groups in total. The predicted octanol–water partition coefficient (Wildman–Crippen LogP) is 3.89. The maximum absolute atomic E-state index is 13.0. The maximum Gasteiger partial charge on any atom is 0.422 e. The van der Waals surface area contributed by atoms with Crippen molar-refractivity contribution in [1.82, 2.24) is 15.0 Å². The van der Waals surface area contributed by atoms with E-state index < -0.39 is 18.8 Å². The van der Waals surface area contributed by atoms with Crippen LogP contribution >= 0.6 is 0 Å². The lowest BCUT2D eigenvalue weighted by molar-refractivity contribution is -0.154. The molecule has 2 aromatic carbocycles. The first kappa shape index (κ1) is 20.1. The second-order valence-electron chi connectivity index (χ2n) is 5.90. The van der Waals surface area contributed by atoms with Crippen LogP contribution < -0.4 is 21.1 Å². The standard InChI is InChI=1S/C18H16F4N6O/c19-12-6-4-11(5-7-12)9-24-15-26-16(25-14-3-1-2-13(23)8-14)28-17(27-15)29-10-18(20,21)22/h1-8H,9-10,23H2,(H2,24,25,26,27,28). The SMILES string of the molecule is Nc1cccc(Nc2nc(NCc3ccc(F)cc3)nc(OCC(F)(F)F)n2)c1. The van der Waals surface area contributed by atoms with Crippen LogP contribution in [0.15, 0.2) is 48.5 Å². The monoisotopic (exact) mass is 408 g/mol. The fourth-order valence-corrected chi connectivity index (χ4v) is 2.23. The lowest BCUT2D eigenvalue weighted by atomic mass is 10.2. The van der Waals surface area contributed by atoms with Gasteiger partial charge in [0.05, 0.1) is 0 Å². The number of aromatic nitrogens is 3. The Morgan fingerprint density at radius 3 is 2.38 bits per heavy atom. The Morgan fingerprint density at radius 2 is 1.69 bits per heavy atom. The number of nitrogens with zero attached hydrogens (tertiary/aromatic N) is 3. The lowest BCUT2D eigenvalue weighted by Crippen LogP contribution is -2.21. The number of anilines is 4. The Balaban J connectivity index is 1.80. The molecule has 0 radical (unpaired) electrons. The van der Waals surface area contributed by atoms with Gasteiger partial charge in [-0.2, -0.15) is 28.1 Å². The molecule has 0 fully saturated rings. The number of rotatable bonds is 7. The van der Waals surface area contributed by atoms with Gasteiger partial charge in [0.15, 0.2) is 6.61 Å². The molecule has 1 aromatic heterocycles. The van der Waals surface area contributed by atoms with Crippen molar-refractivity contribution in [2.24, 2.45) is 0 Å². The molecule has 3 aromatic rings. The fourth-order valence-electron chi connectivity index (χ4n) is 2.23. The van der Waals surface area contributed by atoms with Crippen molar-refractivity contribution < 1.29 is 22.3 Å². The summed E-state index contributed by atoms with van der Waals surface area (Å²) in [5.41, 5.74) is 7.43. The van der Waals surface area contributed by atoms with Crippen LogP contribution in [0.4, 0.5) is 40.8 Å². The number of ether oxygens (including phenoxy) is 1. The molecule has 0 amide bonds. The summed E-state index contributed by atoms with van der Waals surface area (Å²) in [4.78, 5) is 11.8. The summed E-state index contributed by atoms with van der Waals surface area (Å²) >= 11 is 0. The van der Waals surface area contributed by atoms with Crippen molar-refractivity contribution in [3.8, 4) is 6.01 Å². The molecule has 152 valence electrons. The molecule has 0 aliphatic carbocycles. The maximum atomic E-state index is 13.0. The highest BCUT2D eigenvalue weighted by Gasteiger charge is 2.29. The number of halogens is 4. The summed E-state index contributed by atoms with van der Waals surface area (Å²) in [6, 6.07) is 11.8. The van der Waals surface area contributed by atoms with E-state index >= 15 is 0 Å². The van der Waals surface area contributed by atoms with E-state index in [0.29, 0.717) is 11.4 Å². The molecule has 0 atom stereocenters. The molecule has 0 aliphatic rings. The van der Waals surface area contributed by atoms with Crippen LogP contribution in [0.25, 0.3) is 0 Å². The van der Waals surface area contributed by atoms with Gasteiger partial charge in [-0.15, -0.1) is 0 Å². The third-order valence-corrected chi connectivity index (χ3v) is 3.49. The molecule has 0 aliphatic heterocycles. The summed E-state index contributed by atoms with van der Waals surface area (Å²) in [6.45, 7) is -1.34. The van der Waals surface area contributed by atoms with E-state index in [1.54, 1.807) is 36.4 Å². The molecule has 0 bridgehead atoms. The van der Waals surface area contributed by atoms with Crippen LogP contribution in [0.2, 0.25) is 0 Å².